The van der Waals surface area contributed by atoms with Crippen molar-refractivity contribution >= 4 is 0 Å². The summed E-state index contributed by atoms with van der Waals surface area (Å²) in [5.41, 5.74) is 0.933. The number of aromatic nitrogens is 1. The molecular formula is C12H17N3. The number of rotatable bonds is 4. The molecule has 0 radical (unpaired) electrons. The van der Waals surface area contributed by atoms with Gasteiger partial charge in [-0.1, -0.05) is 0 Å². The first kappa shape index (κ1) is 11.7. The molecule has 0 spiro atoms. The maximum Gasteiger partial charge on any atom is 0.0697 e. The summed E-state index contributed by atoms with van der Waals surface area (Å²) in [5, 5.41) is 8.92. The molecule has 1 heterocycles. The zero-order chi connectivity index (χ0) is 11.3. The van der Waals surface area contributed by atoms with E-state index in [1.807, 2.05) is 33.0 Å². The molecule has 1 aromatic rings. The van der Waals surface area contributed by atoms with Crippen molar-refractivity contribution in [2.75, 3.05) is 13.6 Å². The third-order valence-corrected chi connectivity index (χ3v) is 2.17. The van der Waals surface area contributed by atoms with Crippen molar-refractivity contribution in [1.29, 1.82) is 5.26 Å². The maximum atomic E-state index is 8.92. The van der Waals surface area contributed by atoms with Crippen molar-refractivity contribution < 1.29 is 0 Å². The summed E-state index contributed by atoms with van der Waals surface area (Å²) in [5.74, 6) is 0. The molecule has 0 aliphatic heterocycles. The van der Waals surface area contributed by atoms with Gasteiger partial charge in [-0.15, -0.1) is 0 Å². The van der Waals surface area contributed by atoms with Crippen LogP contribution < -0.4 is 0 Å². The lowest BCUT2D eigenvalue weighted by Gasteiger charge is -2.24. The van der Waals surface area contributed by atoms with Gasteiger partial charge in [-0.3, -0.25) is 4.98 Å². The SMILES string of the molecule is CN(Cc1ccncc1)CC(C)(C)C#N. The van der Waals surface area contributed by atoms with Crippen molar-refractivity contribution in [3.63, 3.8) is 0 Å². The van der Waals surface area contributed by atoms with Crippen LogP contribution in [-0.4, -0.2) is 23.5 Å². The average molecular weight is 203 g/mol. The second-order valence-corrected chi connectivity index (χ2v) is 4.52. The number of hydrogen-bond donors (Lipinski definition) is 0. The molecular weight excluding hydrogens is 186 g/mol. The topological polar surface area (TPSA) is 39.9 Å². The van der Waals surface area contributed by atoms with Crippen LogP contribution in [0, 0.1) is 16.7 Å². The Morgan fingerprint density at radius 1 is 1.40 bits per heavy atom. The van der Waals surface area contributed by atoms with E-state index in [0.717, 1.165) is 13.1 Å². The lowest BCUT2D eigenvalue weighted by atomic mass is 9.95. The molecule has 0 amide bonds. The van der Waals surface area contributed by atoms with Crippen LogP contribution in [0.4, 0.5) is 0 Å². The van der Waals surface area contributed by atoms with E-state index in [9.17, 15) is 0 Å². The van der Waals surface area contributed by atoms with Crippen LogP contribution in [0.15, 0.2) is 24.5 Å². The Morgan fingerprint density at radius 3 is 2.53 bits per heavy atom. The van der Waals surface area contributed by atoms with Crippen LogP contribution >= 0.6 is 0 Å². The van der Waals surface area contributed by atoms with Gasteiger partial charge in [0.05, 0.1) is 11.5 Å². The van der Waals surface area contributed by atoms with E-state index >= 15 is 0 Å². The molecule has 0 aromatic carbocycles. The fraction of sp³-hybridized carbons (Fsp3) is 0.500. The summed E-state index contributed by atoms with van der Waals surface area (Å²) in [7, 11) is 2.03. The molecule has 0 fully saturated rings. The van der Waals surface area contributed by atoms with E-state index in [4.69, 9.17) is 5.26 Å². The Balaban J connectivity index is 2.51. The highest BCUT2D eigenvalue weighted by molar-refractivity contribution is 5.09. The molecule has 3 heteroatoms. The van der Waals surface area contributed by atoms with E-state index < -0.39 is 0 Å². The molecule has 0 unspecified atom stereocenters. The van der Waals surface area contributed by atoms with Crippen LogP contribution in [-0.2, 0) is 6.54 Å². The van der Waals surface area contributed by atoms with Gasteiger partial charge in [-0.2, -0.15) is 5.26 Å². The summed E-state index contributed by atoms with van der Waals surface area (Å²) in [6.07, 6.45) is 3.58. The fourth-order valence-electron chi connectivity index (χ4n) is 1.57. The number of nitrogens with zero attached hydrogens (tertiary/aromatic N) is 3. The maximum absolute atomic E-state index is 8.92. The lowest BCUT2D eigenvalue weighted by Crippen LogP contribution is -2.29. The Morgan fingerprint density at radius 2 is 2.00 bits per heavy atom. The second-order valence-electron chi connectivity index (χ2n) is 4.52. The van der Waals surface area contributed by atoms with Gasteiger partial charge >= 0.3 is 0 Å². The van der Waals surface area contributed by atoms with Gasteiger partial charge in [-0.05, 0) is 38.6 Å². The molecule has 0 saturated heterocycles. The predicted octanol–water partition coefficient (Wildman–Crippen LogP) is 2.06. The first-order valence-corrected chi connectivity index (χ1v) is 5.02. The summed E-state index contributed by atoms with van der Waals surface area (Å²) in [6.45, 7) is 5.53. The molecule has 0 aliphatic rings. The molecule has 1 rings (SSSR count). The zero-order valence-corrected chi connectivity index (χ0v) is 9.57. The molecule has 0 aliphatic carbocycles. The predicted molar refractivity (Wildman–Crippen MR) is 60.0 cm³/mol. The quantitative estimate of drug-likeness (QED) is 0.752. The molecule has 1 aromatic heterocycles. The minimum absolute atomic E-state index is 0.290. The molecule has 0 N–H and O–H groups in total. The standard InChI is InChI=1S/C12H17N3/c1-12(2,9-13)10-15(3)8-11-4-6-14-7-5-11/h4-7H,8,10H2,1-3H3. The van der Waals surface area contributed by atoms with Crippen LogP contribution in [0.25, 0.3) is 0 Å². The van der Waals surface area contributed by atoms with E-state index in [0.29, 0.717) is 0 Å². The first-order chi connectivity index (χ1) is 7.03. The Labute approximate surface area is 91.4 Å². The smallest absolute Gasteiger partial charge is 0.0697 e. The van der Waals surface area contributed by atoms with Crippen LogP contribution in [0.3, 0.4) is 0 Å². The summed E-state index contributed by atoms with van der Waals surface area (Å²) >= 11 is 0. The zero-order valence-electron chi connectivity index (χ0n) is 9.57. The Hall–Kier alpha value is -1.40. The third kappa shape index (κ3) is 4.09. The van der Waals surface area contributed by atoms with E-state index in [2.05, 4.69) is 16.0 Å². The van der Waals surface area contributed by atoms with Crippen LogP contribution in [0.1, 0.15) is 19.4 Å². The normalized spacial score (nSPS) is 11.4. The molecule has 0 saturated carbocycles. The molecule has 0 bridgehead atoms. The summed E-state index contributed by atoms with van der Waals surface area (Å²) < 4.78 is 0. The molecule has 0 atom stereocenters. The van der Waals surface area contributed by atoms with Crippen molar-refractivity contribution in [3.05, 3.63) is 30.1 Å². The van der Waals surface area contributed by atoms with Crippen LogP contribution in [0.2, 0.25) is 0 Å². The van der Waals surface area contributed by atoms with Gasteiger partial charge in [0, 0.05) is 25.5 Å². The van der Waals surface area contributed by atoms with Gasteiger partial charge < -0.3 is 4.90 Å². The van der Waals surface area contributed by atoms with Crippen molar-refractivity contribution in [2.24, 2.45) is 5.41 Å². The monoisotopic (exact) mass is 203 g/mol. The minimum Gasteiger partial charge on any atom is -0.301 e. The van der Waals surface area contributed by atoms with Crippen LogP contribution in [0.5, 0.6) is 0 Å². The van der Waals surface area contributed by atoms with Gasteiger partial charge in [0.25, 0.3) is 0 Å². The Bertz CT molecular complexity index is 338. The number of nitriles is 1. The van der Waals surface area contributed by atoms with Crippen molar-refractivity contribution in [1.82, 2.24) is 9.88 Å². The number of hydrogen-bond acceptors (Lipinski definition) is 3. The van der Waals surface area contributed by atoms with E-state index in [-0.39, 0.29) is 5.41 Å². The van der Waals surface area contributed by atoms with Gasteiger partial charge in [-0.25, -0.2) is 0 Å². The van der Waals surface area contributed by atoms with Crippen molar-refractivity contribution in [3.8, 4) is 6.07 Å². The molecule has 15 heavy (non-hydrogen) atoms. The van der Waals surface area contributed by atoms with Gasteiger partial charge in [0.1, 0.15) is 0 Å². The highest BCUT2D eigenvalue weighted by Crippen LogP contribution is 2.15. The van der Waals surface area contributed by atoms with Gasteiger partial charge in [0.15, 0.2) is 0 Å². The second kappa shape index (κ2) is 4.90. The highest BCUT2D eigenvalue weighted by Gasteiger charge is 2.18. The molecule has 3 nitrogen and oxygen atoms in total. The van der Waals surface area contributed by atoms with Crippen molar-refractivity contribution in [2.45, 2.75) is 20.4 Å². The number of pyridine rings is 1. The Kier molecular flexibility index (Phi) is 3.81. The fourth-order valence-corrected chi connectivity index (χ4v) is 1.57. The third-order valence-electron chi connectivity index (χ3n) is 2.17. The van der Waals surface area contributed by atoms with Gasteiger partial charge in [0.2, 0.25) is 0 Å². The average Bonchev–Trinajstić information content (AvgIpc) is 2.18. The lowest BCUT2D eigenvalue weighted by molar-refractivity contribution is 0.248. The largest absolute Gasteiger partial charge is 0.301 e. The van der Waals surface area contributed by atoms with E-state index in [1.165, 1.54) is 5.56 Å². The molecule has 80 valence electrons. The summed E-state index contributed by atoms with van der Waals surface area (Å²) in [4.78, 5) is 6.12. The summed E-state index contributed by atoms with van der Waals surface area (Å²) in [6, 6.07) is 6.30. The first-order valence-electron chi connectivity index (χ1n) is 5.02. The van der Waals surface area contributed by atoms with E-state index in [1.54, 1.807) is 12.4 Å². The highest BCUT2D eigenvalue weighted by atomic mass is 15.1. The minimum atomic E-state index is -0.290.